The Morgan fingerprint density at radius 3 is 2.53 bits per heavy atom. The summed E-state index contributed by atoms with van der Waals surface area (Å²) in [6.45, 7) is 5.44. The molecule has 1 aliphatic heterocycles. The first-order valence-electron chi connectivity index (χ1n) is 9.77. The highest BCUT2D eigenvalue weighted by atomic mass is 32.1. The zero-order valence-corrected chi connectivity index (χ0v) is 17.3. The number of aromatic nitrogens is 3. The number of aromatic hydroxyl groups is 1. The van der Waals surface area contributed by atoms with Gasteiger partial charge < -0.3 is 14.3 Å². The van der Waals surface area contributed by atoms with Crippen LogP contribution in [-0.4, -0.2) is 49.9 Å². The van der Waals surface area contributed by atoms with Crippen LogP contribution in [0.5, 0.6) is 5.88 Å². The second-order valence-corrected chi connectivity index (χ2v) is 8.57. The minimum Gasteiger partial charge on any atom is -0.492 e. The summed E-state index contributed by atoms with van der Waals surface area (Å²) < 4.78 is 26.3. The summed E-state index contributed by atoms with van der Waals surface area (Å²) in [6.07, 6.45) is 1.65. The van der Waals surface area contributed by atoms with Crippen LogP contribution in [0.2, 0.25) is 0 Å². The molecule has 0 saturated carbocycles. The van der Waals surface area contributed by atoms with Gasteiger partial charge >= 0.3 is 0 Å². The predicted octanol–water partition coefficient (Wildman–Crippen LogP) is 4.09. The molecule has 0 bridgehead atoms. The Bertz CT molecular complexity index is 1150. The number of hydrogen-bond donors (Lipinski definition) is 1. The van der Waals surface area contributed by atoms with Crippen molar-refractivity contribution in [1.29, 1.82) is 0 Å². The van der Waals surface area contributed by atoms with Crippen LogP contribution in [0.1, 0.15) is 30.3 Å². The van der Waals surface area contributed by atoms with Crippen LogP contribution in [0.4, 0.5) is 4.39 Å². The largest absolute Gasteiger partial charge is 0.492 e. The molecule has 1 aliphatic rings. The standard InChI is InChI=1S/C21H21FN4O3S/c1-12-10-25(11-13(2)29-12)17(14-5-7-15(22)8-6-14)18-20(27)26-21(30-18)23-19(24-26)16-4-3-9-28-16/h3-9,12-13,17,27H,10-11H2,1-2H3/t12-,13-,17-/m0/s1. The third-order valence-corrected chi connectivity index (χ3v) is 6.26. The summed E-state index contributed by atoms with van der Waals surface area (Å²) in [5, 5.41) is 15.5. The third kappa shape index (κ3) is 3.38. The molecule has 0 unspecified atom stereocenters. The lowest BCUT2D eigenvalue weighted by molar-refractivity contribution is -0.0764. The molecule has 1 N–H and O–H groups in total. The van der Waals surface area contributed by atoms with Crippen LogP contribution < -0.4 is 0 Å². The molecule has 0 amide bonds. The summed E-state index contributed by atoms with van der Waals surface area (Å²) in [7, 11) is 0. The van der Waals surface area contributed by atoms with E-state index in [-0.39, 0.29) is 29.9 Å². The van der Waals surface area contributed by atoms with Gasteiger partial charge in [0.05, 0.1) is 29.4 Å². The Morgan fingerprint density at radius 1 is 1.17 bits per heavy atom. The zero-order chi connectivity index (χ0) is 20.8. The van der Waals surface area contributed by atoms with E-state index in [0.717, 1.165) is 5.56 Å². The van der Waals surface area contributed by atoms with Crippen molar-refractivity contribution < 1.29 is 18.7 Å². The van der Waals surface area contributed by atoms with Gasteiger partial charge in [-0.1, -0.05) is 23.5 Å². The van der Waals surface area contributed by atoms with Gasteiger partial charge in [0.15, 0.2) is 5.76 Å². The zero-order valence-electron chi connectivity index (χ0n) is 16.5. The molecule has 156 valence electrons. The Hall–Kier alpha value is -2.75. The van der Waals surface area contributed by atoms with E-state index in [4.69, 9.17) is 9.15 Å². The molecular weight excluding hydrogens is 407 g/mol. The Balaban J connectivity index is 1.60. The highest BCUT2D eigenvalue weighted by molar-refractivity contribution is 7.17. The van der Waals surface area contributed by atoms with Gasteiger partial charge in [-0.15, -0.1) is 5.10 Å². The van der Waals surface area contributed by atoms with Crippen molar-refractivity contribution >= 4 is 16.3 Å². The van der Waals surface area contributed by atoms with Gasteiger partial charge in [-0.2, -0.15) is 9.50 Å². The number of halogens is 1. The number of benzene rings is 1. The molecule has 1 fully saturated rings. The first-order valence-corrected chi connectivity index (χ1v) is 10.6. The van der Waals surface area contributed by atoms with Crippen molar-refractivity contribution in [2.45, 2.75) is 32.1 Å². The summed E-state index contributed by atoms with van der Waals surface area (Å²) in [6, 6.07) is 9.68. The fourth-order valence-electron chi connectivity index (χ4n) is 4.04. The maximum absolute atomic E-state index is 13.6. The van der Waals surface area contributed by atoms with Crippen LogP contribution in [-0.2, 0) is 4.74 Å². The predicted molar refractivity (Wildman–Crippen MR) is 110 cm³/mol. The molecule has 5 rings (SSSR count). The number of ether oxygens (including phenoxy) is 1. The average Bonchev–Trinajstić information content (AvgIpc) is 3.42. The van der Waals surface area contributed by atoms with E-state index < -0.39 is 0 Å². The Morgan fingerprint density at radius 2 is 1.90 bits per heavy atom. The molecule has 0 spiro atoms. The van der Waals surface area contributed by atoms with E-state index in [1.165, 1.54) is 28.0 Å². The molecule has 3 atom stereocenters. The van der Waals surface area contributed by atoms with Crippen LogP contribution >= 0.6 is 11.3 Å². The SMILES string of the molecule is C[C@H]1CN([C@@H](c2ccc(F)cc2)c2sc3nc(-c4ccco4)nn3c2O)C[C@H](C)O1. The second-order valence-electron chi connectivity index (χ2n) is 7.56. The number of nitrogens with zero attached hydrogens (tertiary/aromatic N) is 4. The molecule has 7 nitrogen and oxygen atoms in total. The van der Waals surface area contributed by atoms with Gasteiger partial charge in [-0.05, 0) is 43.7 Å². The lowest BCUT2D eigenvalue weighted by atomic mass is 10.0. The highest BCUT2D eigenvalue weighted by Crippen LogP contribution is 2.41. The fourth-order valence-corrected chi connectivity index (χ4v) is 5.16. The highest BCUT2D eigenvalue weighted by Gasteiger charge is 2.34. The summed E-state index contributed by atoms with van der Waals surface area (Å²) >= 11 is 1.37. The van der Waals surface area contributed by atoms with Crippen LogP contribution in [0.3, 0.4) is 0 Å². The summed E-state index contributed by atoms with van der Waals surface area (Å²) in [5.41, 5.74) is 0.892. The van der Waals surface area contributed by atoms with Gasteiger partial charge in [-0.3, -0.25) is 4.90 Å². The lowest BCUT2D eigenvalue weighted by Crippen LogP contribution is -2.47. The lowest BCUT2D eigenvalue weighted by Gasteiger charge is -2.40. The van der Waals surface area contributed by atoms with Gasteiger partial charge in [0, 0.05) is 13.1 Å². The minimum absolute atomic E-state index is 0.0291. The molecule has 4 heterocycles. The van der Waals surface area contributed by atoms with Crippen molar-refractivity contribution in [2.75, 3.05) is 13.1 Å². The summed E-state index contributed by atoms with van der Waals surface area (Å²) in [5.74, 6) is 0.690. The van der Waals surface area contributed by atoms with Crippen molar-refractivity contribution in [3.63, 3.8) is 0 Å². The topological polar surface area (TPSA) is 76.0 Å². The van der Waals surface area contributed by atoms with Gasteiger partial charge in [0.1, 0.15) is 5.82 Å². The van der Waals surface area contributed by atoms with E-state index in [1.807, 2.05) is 13.8 Å². The average molecular weight is 428 g/mol. The number of rotatable bonds is 4. The monoisotopic (exact) mass is 428 g/mol. The number of hydrogen-bond acceptors (Lipinski definition) is 7. The Labute approximate surface area is 176 Å². The van der Waals surface area contributed by atoms with Gasteiger partial charge in [0.2, 0.25) is 16.7 Å². The second kappa shape index (κ2) is 7.50. The van der Waals surface area contributed by atoms with Crippen LogP contribution in [0.15, 0.2) is 47.1 Å². The van der Waals surface area contributed by atoms with Crippen molar-refractivity contribution in [3.8, 4) is 17.5 Å². The molecule has 4 aromatic rings. The summed E-state index contributed by atoms with van der Waals surface area (Å²) in [4.78, 5) is 8.05. The first-order chi connectivity index (χ1) is 14.5. The molecule has 3 aromatic heterocycles. The molecule has 1 aromatic carbocycles. The van der Waals surface area contributed by atoms with E-state index in [1.54, 1.807) is 30.5 Å². The minimum atomic E-state index is -0.295. The molecule has 1 saturated heterocycles. The molecular formula is C21H21FN4O3S. The van der Waals surface area contributed by atoms with Gasteiger partial charge in [-0.25, -0.2) is 4.39 Å². The van der Waals surface area contributed by atoms with E-state index in [0.29, 0.717) is 34.5 Å². The maximum atomic E-state index is 13.6. The van der Waals surface area contributed by atoms with E-state index in [2.05, 4.69) is 15.0 Å². The van der Waals surface area contributed by atoms with Gasteiger partial charge in [0.25, 0.3) is 0 Å². The molecule has 0 radical (unpaired) electrons. The van der Waals surface area contributed by atoms with Crippen LogP contribution in [0, 0.1) is 5.82 Å². The van der Waals surface area contributed by atoms with Crippen molar-refractivity contribution in [1.82, 2.24) is 19.5 Å². The third-order valence-electron chi connectivity index (χ3n) is 5.19. The number of morpholine rings is 1. The first kappa shape index (κ1) is 19.2. The van der Waals surface area contributed by atoms with E-state index in [9.17, 15) is 9.50 Å². The normalized spacial score (nSPS) is 21.3. The fraction of sp³-hybridized carbons (Fsp3) is 0.333. The molecule has 30 heavy (non-hydrogen) atoms. The van der Waals surface area contributed by atoms with Crippen molar-refractivity contribution in [2.24, 2.45) is 0 Å². The molecule has 0 aliphatic carbocycles. The number of furan rings is 1. The number of thiazole rings is 1. The maximum Gasteiger partial charge on any atom is 0.230 e. The van der Waals surface area contributed by atoms with Crippen molar-refractivity contribution in [3.05, 3.63) is 58.9 Å². The Kier molecular flexibility index (Phi) is 4.80. The number of fused-ring (bicyclic) bond motifs is 1. The molecule has 9 heteroatoms. The van der Waals surface area contributed by atoms with E-state index >= 15 is 0 Å². The van der Waals surface area contributed by atoms with Crippen LogP contribution in [0.25, 0.3) is 16.5 Å². The smallest absolute Gasteiger partial charge is 0.230 e. The quantitative estimate of drug-likeness (QED) is 0.528.